The van der Waals surface area contributed by atoms with Gasteiger partial charge in [0.25, 0.3) is 5.91 Å². The van der Waals surface area contributed by atoms with Gasteiger partial charge in [0.2, 0.25) is 0 Å². The fraction of sp³-hybridized carbons (Fsp3) is 0. The van der Waals surface area contributed by atoms with Crippen LogP contribution in [0.4, 0.5) is 11.4 Å². The first kappa shape index (κ1) is 20.3. The molecule has 0 saturated heterocycles. The molecular weight excluding hydrogens is 384 g/mol. The van der Waals surface area contributed by atoms with Gasteiger partial charge in [-0.15, -0.1) is 0 Å². The van der Waals surface area contributed by atoms with Gasteiger partial charge in [-0.2, -0.15) is 5.10 Å². The van der Waals surface area contributed by atoms with Crippen LogP contribution in [0.15, 0.2) is 84.0 Å². The number of hydrogen-bond donors (Lipinski definition) is 4. The van der Waals surface area contributed by atoms with Crippen LogP contribution in [0, 0.1) is 0 Å². The molecule has 8 heteroatoms. The van der Waals surface area contributed by atoms with Gasteiger partial charge in [0, 0.05) is 5.69 Å². The largest absolute Gasteiger partial charge is 0.508 e. The number of carbonyl (C=O) groups excluding carboxylic acids is 3. The van der Waals surface area contributed by atoms with Crippen molar-refractivity contribution in [3.63, 3.8) is 0 Å². The molecule has 0 bridgehead atoms. The first-order chi connectivity index (χ1) is 14.5. The number of benzene rings is 3. The van der Waals surface area contributed by atoms with Gasteiger partial charge in [-0.05, 0) is 54.1 Å². The van der Waals surface area contributed by atoms with Crippen LogP contribution in [0.5, 0.6) is 5.75 Å². The molecule has 0 fully saturated rings. The molecule has 0 aliphatic heterocycles. The quantitative estimate of drug-likeness (QED) is 0.298. The van der Waals surface area contributed by atoms with Gasteiger partial charge in [0.05, 0.1) is 17.5 Å². The minimum absolute atomic E-state index is 0.102. The van der Waals surface area contributed by atoms with E-state index < -0.39 is 17.7 Å². The lowest BCUT2D eigenvalue weighted by Gasteiger charge is -2.11. The van der Waals surface area contributed by atoms with E-state index in [0.29, 0.717) is 11.3 Å². The molecule has 3 aromatic carbocycles. The third-order valence-electron chi connectivity index (χ3n) is 3.93. The summed E-state index contributed by atoms with van der Waals surface area (Å²) in [6, 6.07) is 21.3. The standard InChI is InChI=1S/C22H18N4O4/c27-17-12-10-15(11-13-17)14-23-26-22(30)21(29)25-19-9-5-4-8-18(19)20(28)24-16-6-2-1-3-7-16/h1-14,27H,(H,24,28)(H,25,29)(H,26,30)/b23-14+. The number of phenolic OH excluding ortho intramolecular Hbond substituents is 1. The number of aromatic hydroxyl groups is 1. The topological polar surface area (TPSA) is 120 Å². The zero-order valence-corrected chi connectivity index (χ0v) is 15.7. The lowest BCUT2D eigenvalue weighted by atomic mass is 10.1. The highest BCUT2D eigenvalue weighted by molar-refractivity contribution is 6.40. The molecule has 0 saturated carbocycles. The van der Waals surface area contributed by atoms with E-state index in [1.807, 2.05) is 6.07 Å². The number of nitrogens with zero attached hydrogens (tertiary/aromatic N) is 1. The number of hydrazone groups is 1. The summed E-state index contributed by atoms with van der Waals surface area (Å²) in [5.41, 5.74) is 3.73. The second-order valence-electron chi connectivity index (χ2n) is 6.11. The van der Waals surface area contributed by atoms with Crippen LogP contribution in [0.1, 0.15) is 15.9 Å². The molecule has 4 N–H and O–H groups in total. The van der Waals surface area contributed by atoms with Crippen LogP contribution in [-0.2, 0) is 9.59 Å². The Balaban J connectivity index is 1.62. The van der Waals surface area contributed by atoms with E-state index in [0.717, 1.165) is 0 Å². The minimum Gasteiger partial charge on any atom is -0.508 e. The van der Waals surface area contributed by atoms with E-state index in [2.05, 4.69) is 21.2 Å². The van der Waals surface area contributed by atoms with Gasteiger partial charge in [0.15, 0.2) is 0 Å². The molecule has 0 radical (unpaired) electrons. The predicted molar refractivity (Wildman–Crippen MR) is 113 cm³/mol. The van der Waals surface area contributed by atoms with Crippen LogP contribution in [0.3, 0.4) is 0 Å². The molecule has 0 aliphatic carbocycles. The predicted octanol–water partition coefficient (Wildman–Crippen LogP) is 2.73. The Hall–Kier alpha value is -4.46. The first-order valence-electron chi connectivity index (χ1n) is 8.92. The third kappa shape index (κ3) is 5.52. The summed E-state index contributed by atoms with van der Waals surface area (Å²) in [5.74, 6) is -2.30. The maximum Gasteiger partial charge on any atom is 0.329 e. The lowest BCUT2D eigenvalue weighted by Crippen LogP contribution is -2.33. The number of hydrogen-bond acceptors (Lipinski definition) is 5. The Morgan fingerprint density at radius 3 is 2.17 bits per heavy atom. The van der Waals surface area contributed by atoms with Crippen molar-refractivity contribution >= 4 is 35.3 Å². The molecule has 8 nitrogen and oxygen atoms in total. The van der Waals surface area contributed by atoms with Gasteiger partial charge >= 0.3 is 11.8 Å². The number of para-hydroxylation sites is 2. The van der Waals surface area contributed by atoms with E-state index >= 15 is 0 Å². The SMILES string of the molecule is O=C(N/N=C/c1ccc(O)cc1)C(=O)Nc1ccccc1C(=O)Nc1ccccc1. The highest BCUT2D eigenvalue weighted by Crippen LogP contribution is 2.17. The van der Waals surface area contributed by atoms with Crippen LogP contribution in [-0.4, -0.2) is 29.0 Å². The summed E-state index contributed by atoms with van der Waals surface area (Å²) in [4.78, 5) is 36.7. The second kappa shape index (κ2) is 9.65. The van der Waals surface area contributed by atoms with Crippen LogP contribution in [0.2, 0.25) is 0 Å². The Kier molecular flexibility index (Phi) is 6.52. The molecule has 3 amide bonds. The van der Waals surface area contributed by atoms with Gasteiger partial charge in [-0.25, -0.2) is 5.43 Å². The molecular formula is C22H18N4O4. The highest BCUT2D eigenvalue weighted by Gasteiger charge is 2.17. The minimum atomic E-state index is -0.997. The molecule has 3 aromatic rings. The van der Waals surface area contributed by atoms with Crippen molar-refractivity contribution in [3.8, 4) is 5.75 Å². The van der Waals surface area contributed by atoms with Gasteiger partial charge < -0.3 is 15.7 Å². The second-order valence-corrected chi connectivity index (χ2v) is 6.11. The van der Waals surface area contributed by atoms with Crippen LogP contribution in [0.25, 0.3) is 0 Å². The molecule has 0 spiro atoms. The first-order valence-corrected chi connectivity index (χ1v) is 8.92. The van der Waals surface area contributed by atoms with E-state index in [1.54, 1.807) is 48.5 Å². The zero-order valence-electron chi connectivity index (χ0n) is 15.7. The summed E-state index contributed by atoms with van der Waals surface area (Å²) < 4.78 is 0. The fourth-order valence-corrected chi connectivity index (χ4v) is 2.47. The summed E-state index contributed by atoms with van der Waals surface area (Å²) in [7, 11) is 0. The summed E-state index contributed by atoms with van der Waals surface area (Å²) in [5, 5.41) is 18.1. The van der Waals surface area contributed by atoms with Crippen molar-refractivity contribution in [2.45, 2.75) is 0 Å². The summed E-state index contributed by atoms with van der Waals surface area (Å²) in [6.07, 6.45) is 1.33. The van der Waals surface area contributed by atoms with Gasteiger partial charge in [0.1, 0.15) is 5.75 Å². The highest BCUT2D eigenvalue weighted by atomic mass is 16.3. The Bertz CT molecular complexity index is 1080. The third-order valence-corrected chi connectivity index (χ3v) is 3.93. The number of nitrogens with one attached hydrogen (secondary N) is 3. The zero-order chi connectivity index (χ0) is 21.3. The fourth-order valence-electron chi connectivity index (χ4n) is 2.47. The number of amides is 3. The Morgan fingerprint density at radius 1 is 0.767 bits per heavy atom. The average Bonchev–Trinajstić information content (AvgIpc) is 2.76. The number of rotatable bonds is 5. The molecule has 0 aliphatic rings. The maximum atomic E-state index is 12.5. The van der Waals surface area contributed by atoms with Gasteiger partial charge in [-0.3, -0.25) is 14.4 Å². The monoisotopic (exact) mass is 402 g/mol. The molecule has 150 valence electrons. The van der Waals surface area contributed by atoms with Crippen molar-refractivity contribution < 1.29 is 19.5 Å². The van der Waals surface area contributed by atoms with Crippen molar-refractivity contribution in [2.24, 2.45) is 5.10 Å². The van der Waals surface area contributed by atoms with Crippen molar-refractivity contribution in [1.29, 1.82) is 0 Å². The molecule has 0 unspecified atom stereocenters. The number of carbonyl (C=O) groups is 3. The van der Waals surface area contributed by atoms with E-state index in [4.69, 9.17) is 0 Å². The molecule has 0 aromatic heterocycles. The summed E-state index contributed by atoms with van der Waals surface area (Å²) >= 11 is 0. The van der Waals surface area contributed by atoms with Crippen molar-refractivity contribution in [1.82, 2.24) is 5.43 Å². The molecule has 0 heterocycles. The van der Waals surface area contributed by atoms with Crippen molar-refractivity contribution in [3.05, 3.63) is 90.0 Å². The lowest BCUT2D eigenvalue weighted by molar-refractivity contribution is -0.136. The summed E-state index contributed by atoms with van der Waals surface area (Å²) in [6.45, 7) is 0. The average molecular weight is 402 g/mol. The molecule has 30 heavy (non-hydrogen) atoms. The number of phenols is 1. The Labute approximate surface area is 172 Å². The normalized spacial score (nSPS) is 10.4. The Morgan fingerprint density at radius 2 is 1.43 bits per heavy atom. The van der Waals surface area contributed by atoms with E-state index in [-0.39, 0.29) is 17.0 Å². The smallest absolute Gasteiger partial charge is 0.329 e. The van der Waals surface area contributed by atoms with Crippen LogP contribution >= 0.6 is 0 Å². The van der Waals surface area contributed by atoms with Gasteiger partial charge in [-0.1, -0.05) is 30.3 Å². The maximum absolute atomic E-state index is 12.5. The van der Waals surface area contributed by atoms with Crippen molar-refractivity contribution in [2.75, 3.05) is 10.6 Å². The molecule has 3 rings (SSSR count). The van der Waals surface area contributed by atoms with E-state index in [9.17, 15) is 19.5 Å². The van der Waals surface area contributed by atoms with E-state index in [1.165, 1.54) is 30.5 Å². The van der Waals surface area contributed by atoms with Crippen LogP contribution < -0.4 is 16.1 Å². The molecule has 0 atom stereocenters. The number of anilines is 2.